The van der Waals surface area contributed by atoms with E-state index < -0.39 is 0 Å². The van der Waals surface area contributed by atoms with Crippen molar-refractivity contribution >= 4 is 23.2 Å². The lowest BCUT2D eigenvalue weighted by atomic mass is 10.1. The highest BCUT2D eigenvalue weighted by Gasteiger charge is 2.17. The summed E-state index contributed by atoms with van der Waals surface area (Å²) in [6.07, 6.45) is 10.6. The minimum absolute atomic E-state index is 0.0203. The summed E-state index contributed by atoms with van der Waals surface area (Å²) in [5.41, 5.74) is 2.79. The molecule has 0 saturated carbocycles. The van der Waals surface area contributed by atoms with Gasteiger partial charge in [-0.1, -0.05) is 29.3 Å². The van der Waals surface area contributed by atoms with Crippen LogP contribution in [0.1, 0.15) is 31.1 Å². The zero-order valence-corrected chi connectivity index (χ0v) is 16.2. The Hall–Kier alpha value is -2.08. The molecule has 4 rings (SSSR count). The van der Waals surface area contributed by atoms with Crippen molar-refractivity contribution in [3.63, 3.8) is 0 Å². The highest BCUT2D eigenvalue weighted by atomic mass is 35.5. The van der Waals surface area contributed by atoms with E-state index in [4.69, 9.17) is 32.7 Å². The summed E-state index contributed by atoms with van der Waals surface area (Å²) in [4.78, 5) is 4.28. The minimum Gasteiger partial charge on any atom is -0.487 e. The quantitative estimate of drug-likeness (QED) is 0.561. The molecule has 27 heavy (non-hydrogen) atoms. The Kier molecular flexibility index (Phi) is 5.62. The number of nitrogens with zero attached hydrogens (tertiary/aromatic N) is 3. The Balaban J connectivity index is 1.46. The van der Waals surface area contributed by atoms with E-state index in [0.29, 0.717) is 22.4 Å². The molecule has 1 aromatic carbocycles. The Morgan fingerprint density at radius 1 is 1.11 bits per heavy atom. The van der Waals surface area contributed by atoms with Crippen LogP contribution in [0, 0.1) is 0 Å². The number of ether oxygens (including phenoxy) is 2. The summed E-state index contributed by atoms with van der Waals surface area (Å²) in [7, 11) is 0. The summed E-state index contributed by atoms with van der Waals surface area (Å²) in [6.45, 7) is 1.13. The van der Waals surface area contributed by atoms with Crippen LogP contribution in [0.15, 0.2) is 49.1 Å². The fourth-order valence-electron chi connectivity index (χ4n) is 3.03. The van der Waals surface area contributed by atoms with Crippen molar-refractivity contribution in [2.75, 3.05) is 6.61 Å². The molecule has 1 aliphatic rings. The summed E-state index contributed by atoms with van der Waals surface area (Å²) in [5.74, 6) is 0.667. The first kappa shape index (κ1) is 18.3. The second kappa shape index (κ2) is 8.30. The topological polar surface area (TPSA) is 49.2 Å². The first-order chi connectivity index (χ1) is 13.2. The van der Waals surface area contributed by atoms with Gasteiger partial charge in [-0.3, -0.25) is 4.98 Å². The lowest BCUT2D eigenvalue weighted by Crippen LogP contribution is -2.18. The van der Waals surface area contributed by atoms with Gasteiger partial charge in [0.05, 0.1) is 12.4 Å². The average Bonchev–Trinajstić information content (AvgIpc) is 3.19. The average molecular weight is 404 g/mol. The fraction of sp³-hybridized carbons (Fsp3) is 0.300. The van der Waals surface area contributed by atoms with Gasteiger partial charge in [0.15, 0.2) is 0 Å². The Morgan fingerprint density at radius 2 is 2.04 bits per heavy atom. The predicted octanol–water partition coefficient (Wildman–Crippen LogP) is 5.53. The highest BCUT2D eigenvalue weighted by molar-refractivity contribution is 6.35. The third-order valence-electron chi connectivity index (χ3n) is 4.51. The number of aromatic nitrogens is 3. The summed E-state index contributed by atoms with van der Waals surface area (Å²) < 4.78 is 13.5. The zero-order chi connectivity index (χ0) is 18.6. The van der Waals surface area contributed by atoms with Crippen LogP contribution in [0.2, 0.25) is 10.0 Å². The lowest BCUT2D eigenvalue weighted by Gasteiger charge is -2.22. The fourth-order valence-corrected chi connectivity index (χ4v) is 3.50. The molecular formula is C20H19Cl2N3O2. The molecule has 3 aromatic rings. The van der Waals surface area contributed by atoms with Crippen LogP contribution in [-0.4, -0.2) is 21.4 Å². The molecule has 3 heterocycles. The first-order valence-electron chi connectivity index (χ1n) is 8.87. The molecule has 0 radical (unpaired) electrons. The van der Waals surface area contributed by atoms with Crippen LogP contribution in [0.5, 0.6) is 5.75 Å². The van der Waals surface area contributed by atoms with Crippen molar-refractivity contribution in [2.24, 2.45) is 0 Å². The minimum atomic E-state index is 0.0203. The van der Waals surface area contributed by atoms with E-state index in [9.17, 15) is 0 Å². The van der Waals surface area contributed by atoms with Gasteiger partial charge < -0.3 is 9.47 Å². The van der Waals surface area contributed by atoms with Gasteiger partial charge in [-0.2, -0.15) is 5.10 Å². The van der Waals surface area contributed by atoms with E-state index >= 15 is 0 Å². The summed E-state index contributed by atoms with van der Waals surface area (Å²) in [6, 6.07) is 7.30. The van der Waals surface area contributed by atoms with Crippen molar-refractivity contribution in [2.45, 2.75) is 32.1 Å². The van der Waals surface area contributed by atoms with Gasteiger partial charge in [-0.25, -0.2) is 4.68 Å². The van der Waals surface area contributed by atoms with Crippen molar-refractivity contribution in [1.82, 2.24) is 14.8 Å². The van der Waals surface area contributed by atoms with Crippen LogP contribution >= 0.6 is 23.2 Å². The van der Waals surface area contributed by atoms with E-state index in [0.717, 1.165) is 42.6 Å². The lowest BCUT2D eigenvalue weighted by molar-refractivity contribution is -0.0394. The number of hydrogen-bond donors (Lipinski definition) is 0. The summed E-state index contributed by atoms with van der Waals surface area (Å²) >= 11 is 12.1. The van der Waals surface area contributed by atoms with Crippen LogP contribution < -0.4 is 4.74 Å². The monoisotopic (exact) mass is 403 g/mol. The van der Waals surface area contributed by atoms with Crippen molar-refractivity contribution in [3.05, 3.63) is 64.7 Å². The maximum atomic E-state index is 6.20. The van der Waals surface area contributed by atoms with E-state index in [1.165, 1.54) is 0 Å². The zero-order valence-electron chi connectivity index (χ0n) is 14.6. The Morgan fingerprint density at radius 3 is 2.85 bits per heavy atom. The molecule has 7 heteroatoms. The number of rotatable bonds is 5. The van der Waals surface area contributed by atoms with E-state index in [2.05, 4.69) is 10.1 Å². The molecule has 1 saturated heterocycles. The second-order valence-electron chi connectivity index (χ2n) is 6.46. The molecule has 5 nitrogen and oxygen atoms in total. The van der Waals surface area contributed by atoms with Crippen LogP contribution in [-0.2, 0) is 11.3 Å². The number of benzene rings is 1. The van der Waals surface area contributed by atoms with E-state index in [-0.39, 0.29) is 6.23 Å². The maximum absolute atomic E-state index is 6.20. The number of hydrogen-bond acceptors (Lipinski definition) is 4. The van der Waals surface area contributed by atoms with Crippen LogP contribution in [0.4, 0.5) is 0 Å². The molecule has 140 valence electrons. The SMILES string of the molecule is Clc1ccc(COc2cncc(-c3cnn(C4CCCCO4)c3)c2)c(Cl)c1. The van der Waals surface area contributed by atoms with Gasteiger partial charge in [0.2, 0.25) is 0 Å². The highest BCUT2D eigenvalue weighted by Crippen LogP contribution is 2.27. The Bertz CT molecular complexity index is 923. The van der Waals surface area contributed by atoms with Gasteiger partial charge in [0.1, 0.15) is 18.6 Å². The van der Waals surface area contributed by atoms with Gasteiger partial charge in [-0.05, 0) is 37.5 Å². The van der Waals surface area contributed by atoms with E-state index in [1.807, 2.05) is 29.2 Å². The number of halogens is 2. The van der Waals surface area contributed by atoms with Crippen molar-refractivity contribution < 1.29 is 9.47 Å². The van der Waals surface area contributed by atoms with Gasteiger partial charge in [0.25, 0.3) is 0 Å². The molecule has 1 fully saturated rings. The maximum Gasteiger partial charge on any atom is 0.150 e. The second-order valence-corrected chi connectivity index (χ2v) is 7.31. The third-order valence-corrected chi connectivity index (χ3v) is 5.10. The third kappa shape index (κ3) is 4.43. The van der Waals surface area contributed by atoms with Crippen LogP contribution in [0.25, 0.3) is 11.1 Å². The molecule has 1 unspecified atom stereocenters. The normalized spacial score (nSPS) is 17.0. The smallest absolute Gasteiger partial charge is 0.150 e. The molecule has 1 aliphatic heterocycles. The molecule has 1 atom stereocenters. The molecule has 0 bridgehead atoms. The molecule has 0 spiro atoms. The molecule has 0 N–H and O–H groups in total. The molecule has 0 aliphatic carbocycles. The number of pyridine rings is 1. The molecule has 0 amide bonds. The predicted molar refractivity (Wildman–Crippen MR) is 105 cm³/mol. The van der Waals surface area contributed by atoms with Crippen LogP contribution in [0.3, 0.4) is 0 Å². The molecular weight excluding hydrogens is 385 g/mol. The van der Waals surface area contributed by atoms with Crippen molar-refractivity contribution in [3.8, 4) is 16.9 Å². The Labute approximate surface area is 167 Å². The standard InChI is InChI=1S/C20H19Cl2N3O2/c21-17-5-4-14(19(22)8-17)13-27-18-7-15(9-23-11-18)16-10-24-25(12-16)20-3-1-2-6-26-20/h4-5,7-12,20H,1-3,6,13H2. The first-order valence-corrected chi connectivity index (χ1v) is 9.62. The van der Waals surface area contributed by atoms with Gasteiger partial charge in [-0.15, -0.1) is 0 Å². The van der Waals surface area contributed by atoms with E-state index in [1.54, 1.807) is 24.5 Å². The summed E-state index contributed by atoms with van der Waals surface area (Å²) in [5, 5.41) is 5.64. The molecule has 2 aromatic heterocycles. The largest absolute Gasteiger partial charge is 0.487 e. The van der Waals surface area contributed by atoms with Gasteiger partial charge >= 0.3 is 0 Å². The van der Waals surface area contributed by atoms with Gasteiger partial charge in [0, 0.05) is 45.7 Å². The van der Waals surface area contributed by atoms with Crippen molar-refractivity contribution in [1.29, 1.82) is 0 Å².